The molecule has 1 saturated carbocycles. The minimum absolute atomic E-state index is 0.0679. The van der Waals surface area contributed by atoms with Crippen molar-refractivity contribution in [3.05, 3.63) is 28.8 Å². The zero-order chi connectivity index (χ0) is 15.1. The van der Waals surface area contributed by atoms with E-state index in [0.29, 0.717) is 30.4 Å². The maximum absolute atomic E-state index is 8.80. The predicted molar refractivity (Wildman–Crippen MR) is 82.4 cm³/mol. The summed E-state index contributed by atoms with van der Waals surface area (Å²) in [5, 5.41) is 12.7. The minimum atomic E-state index is 0.0679. The van der Waals surface area contributed by atoms with E-state index in [1.807, 2.05) is 18.2 Å². The number of nitriles is 1. The third-order valence-electron chi connectivity index (χ3n) is 3.75. The lowest BCUT2D eigenvalue weighted by Crippen LogP contribution is -2.18. The molecule has 0 radical (unpaired) electrons. The Morgan fingerprint density at radius 1 is 1.43 bits per heavy atom. The van der Waals surface area contributed by atoms with E-state index >= 15 is 0 Å². The molecule has 21 heavy (non-hydrogen) atoms. The molecule has 0 unspecified atom stereocenters. The highest BCUT2D eigenvalue weighted by atomic mass is 35.5. The molecule has 5 heteroatoms. The standard InChI is InChI=1S/C16H21ClN2O2/c1-20-9-8-19-11-13-2-3-15(14(17)10-13)21-12-16(4-5-16)6-7-18/h2-3,10,19H,4-6,8-9,11-12H2,1H3. The number of rotatable bonds is 9. The summed E-state index contributed by atoms with van der Waals surface area (Å²) in [7, 11) is 1.68. The number of nitrogens with zero attached hydrogens (tertiary/aromatic N) is 1. The van der Waals surface area contributed by atoms with Gasteiger partial charge in [0, 0.05) is 32.0 Å². The lowest BCUT2D eigenvalue weighted by Gasteiger charge is -2.14. The molecule has 114 valence electrons. The first-order valence-electron chi connectivity index (χ1n) is 7.17. The second-order valence-corrected chi connectivity index (χ2v) is 5.97. The van der Waals surface area contributed by atoms with Gasteiger partial charge in [-0.05, 0) is 30.5 Å². The summed E-state index contributed by atoms with van der Waals surface area (Å²) in [6, 6.07) is 8.06. The molecule has 1 fully saturated rings. The molecule has 0 bridgehead atoms. The number of benzene rings is 1. The van der Waals surface area contributed by atoms with Crippen molar-refractivity contribution in [2.45, 2.75) is 25.8 Å². The lowest BCUT2D eigenvalue weighted by molar-refractivity contribution is 0.199. The Kier molecular flexibility index (Phi) is 5.86. The van der Waals surface area contributed by atoms with E-state index in [9.17, 15) is 0 Å². The number of hydrogen-bond donors (Lipinski definition) is 1. The maximum Gasteiger partial charge on any atom is 0.137 e. The molecule has 1 aromatic rings. The summed E-state index contributed by atoms with van der Waals surface area (Å²) in [6.45, 7) is 2.83. The molecular formula is C16H21ClN2O2. The van der Waals surface area contributed by atoms with Gasteiger partial charge in [-0.15, -0.1) is 0 Å². The van der Waals surface area contributed by atoms with Crippen molar-refractivity contribution in [2.24, 2.45) is 5.41 Å². The molecule has 0 atom stereocenters. The van der Waals surface area contributed by atoms with Gasteiger partial charge in [0.05, 0.1) is 24.3 Å². The van der Waals surface area contributed by atoms with Crippen molar-refractivity contribution in [1.29, 1.82) is 5.26 Å². The quantitative estimate of drug-likeness (QED) is 0.712. The van der Waals surface area contributed by atoms with E-state index < -0.39 is 0 Å². The molecule has 0 heterocycles. The Morgan fingerprint density at radius 2 is 2.24 bits per heavy atom. The van der Waals surface area contributed by atoms with Crippen LogP contribution in [-0.4, -0.2) is 26.9 Å². The van der Waals surface area contributed by atoms with Gasteiger partial charge in [0.25, 0.3) is 0 Å². The molecule has 4 nitrogen and oxygen atoms in total. The minimum Gasteiger partial charge on any atom is -0.491 e. The topological polar surface area (TPSA) is 54.3 Å². The van der Waals surface area contributed by atoms with Crippen LogP contribution in [0.5, 0.6) is 5.75 Å². The number of methoxy groups -OCH3 is 1. The van der Waals surface area contributed by atoms with Crippen LogP contribution in [0.15, 0.2) is 18.2 Å². The zero-order valence-corrected chi connectivity index (χ0v) is 13.1. The summed E-state index contributed by atoms with van der Waals surface area (Å²) in [5.41, 5.74) is 1.18. The fourth-order valence-electron chi connectivity index (χ4n) is 2.13. The first-order valence-corrected chi connectivity index (χ1v) is 7.55. The highest BCUT2D eigenvalue weighted by molar-refractivity contribution is 6.32. The third kappa shape index (κ3) is 4.89. The van der Waals surface area contributed by atoms with Crippen LogP contribution in [0.3, 0.4) is 0 Å². The molecule has 1 aliphatic rings. The Labute approximate surface area is 131 Å². The average Bonchev–Trinajstić information content (AvgIpc) is 3.23. The van der Waals surface area contributed by atoms with Crippen molar-refractivity contribution in [2.75, 3.05) is 26.9 Å². The van der Waals surface area contributed by atoms with Crippen molar-refractivity contribution in [1.82, 2.24) is 5.32 Å². The highest BCUT2D eigenvalue weighted by Crippen LogP contribution is 2.49. The largest absolute Gasteiger partial charge is 0.491 e. The molecule has 0 spiro atoms. The van der Waals surface area contributed by atoms with E-state index in [2.05, 4.69) is 11.4 Å². The molecule has 1 N–H and O–H groups in total. The van der Waals surface area contributed by atoms with Crippen LogP contribution in [-0.2, 0) is 11.3 Å². The van der Waals surface area contributed by atoms with Gasteiger partial charge in [0.1, 0.15) is 5.75 Å². The fourth-order valence-corrected chi connectivity index (χ4v) is 2.38. The van der Waals surface area contributed by atoms with Crippen LogP contribution >= 0.6 is 11.6 Å². The normalized spacial score (nSPS) is 15.5. The van der Waals surface area contributed by atoms with Gasteiger partial charge < -0.3 is 14.8 Å². The second-order valence-electron chi connectivity index (χ2n) is 5.56. The smallest absolute Gasteiger partial charge is 0.137 e. The summed E-state index contributed by atoms with van der Waals surface area (Å²) in [4.78, 5) is 0. The number of halogens is 1. The molecule has 0 aliphatic heterocycles. The predicted octanol–water partition coefficient (Wildman–Crippen LogP) is 3.15. The summed E-state index contributed by atoms with van der Waals surface area (Å²) < 4.78 is 10.8. The highest BCUT2D eigenvalue weighted by Gasteiger charge is 2.43. The Bertz CT molecular complexity index is 509. The molecule has 0 amide bonds. The molecule has 0 saturated heterocycles. The summed E-state index contributed by atoms with van der Waals surface area (Å²) >= 11 is 6.25. The number of ether oxygens (including phenoxy) is 2. The van der Waals surface area contributed by atoms with Crippen LogP contribution in [0.2, 0.25) is 5.02 Å². The van der Waals surface area contributed by atoms with Crippen LogP contribution < -0.4 is 10.1 Å². The van der Waals surface area contributed by atoms with Crippen LogP contribution in [0, 0.1) is 16.7 Å². The Morgan fingerprint density at radius 3 is 2.86 bits per heavy atom. The number of hydrogen-bond acceptors (Lipinski definition) is 4. The van der Waals surface area contributed by atoms with Gasteiger partial charge in [0.15, 0.2) is 0 Å². The average molecular weight is 309 g/mol. The summed E-state index contributed by atoms with van der Waals surface area (Å²) in [5.74, 6) is 0.696. The van der Waals surface area contributed by atoms with Gasteiger partial charge in [0.2, 0.25) is 0 Å². The van der Waals surface area contributed by atoms with Crippen molar-refractivity contribution >= 4 is 11.6 Å². The van der Waals surface area contributed by atoms with Crippen LogP contribution in [0.4, 0.5) is 0 Å². The molecule has 0 aromatic heterocycles. The third-order valence-corrected chi connectivity index (χ3v) is 4.05. The first kappa shape index (κ1) is 16.1. The van der Waals surface area contributed by atoms with Gasteiger partial charge in [-0.3, -0.25) is 0 Å². The van der Waals surface area contributed by atoms with E-state index in [1.54, 1.807) is 7.11 Å². The van der Waals surface area contributed by atoms with Crippen molar-refractivity contribution in [3.63, 3.8) is 0 Å². The van der Waals surface area contributed by atoms with Crippen molar-refractivity contribution in [3.8, 4) is 11.8 Å². The van der Waals surface area contributed by atoms with E-state index in [0.717, 1.165) is 31.5 Å². The van der Waals surface area contributed by atoms with Gasteiger partial charge in [-0.2, -0.15) is 5.26 Å². The monoisotopic (exact) mass is 308 g/mol. The van der Waals surface area contributed by atoms with Crippen LogP contribution in [0.1, 0.15) is 24.8 Å². The Balaban J connectivity index is 1.83. The van der Waals surface area contributed by atoms with E-state index in [1.165, 1.54) is 0 Å². The second kappa shape index (κ2) is 7.65. The van der Waals surface area contributed by atoms with Gasteiger partial charge >= 0.3 is 0 Å². The Hall–Kier alpha value is -1.28. The zero-order valence-electron chi connectivity index (χ0n) is 12.3. The summed E-state index contributed by atoms with van der Waals surface area (Å²) in [6.07, 6.45) is 2.70. The van der Waals surface area contributed by atoms with Gasteiger partial charge in [-0.1, -0.05) is 17.7 Å². The van der Waals surface area contributed by atoms with Gasteiger partial charge in [-0.25, -0.2) is 0 Å². The molecule has 1 aromatic carbocycles. The molecular weight excluding hydrogens is 288 g/mol. The number of nitrogens with one attached hydrogen (secondary N) is 1. The van der Waals surface area contributed by atoms with E-state index in [4.69, 9.17) is 26.3 Å². The first-order chi connectivity index (χ1) is 10.2. The molecule has 1 aliphatic carbocycles. The fraction of sp³-hybridized carbons (Fsp3) is 0.562. The SMILES string of the molecule is COCCNCc1ccc(OCC2(CC#N)CC2)c(Cl)c1. The lowest BCUT2D eigenvalue weighted by atomic mass is 10.1. The van der Waals surface area contributed by atoms with Crippen LogP contribution in [0.25, 0.3) is 0 Å². The molecule has 2 rings (SSSR count). The van der Waals surface area contributed by atoms with E-state index in [-0.39, 0.29) is 5.41 Å². The maximum atomic E-state index is 8.80. The van der Waals surface area contributed by atoms with Crippen molar-refractivity contribution < 1.29 is 9.47 Å².